The number of ether oxygens (including phenoxy) is 1. The molecule has 1 aliphatic rings. The maximum atomic E-state index is 5.12. The van der Waals surface area contributed by atoms with Crippen molar-refractivity contribution in [2.45, 2.75) is 0 Å². The van der Waals surface area contributed by atoms with Crippen molar-refractivity contribution in [2.24, 2.45) is 0 Å². The van der Waals surface area contributed by atoms with Gasteiger partial charge in [-0.15, -0.1) is 0 Å². The second-order valence-electron chi connectivity index (χ2n) is 4.95. The molecule has 2 rings (SSSR count). The molecule has 1 fully saturated rings. The van der Waals surface area contributed by atoms with Gasteiger partial charge in [-0.1, -0.05) is 42.5 Å². The van der Waals surface area contributed by atoms with Crippen LogP contribution < -0.4 is 0 Å². The molecular weight excluding hydrogens is 236 g/mol. The van der Waals surface area contributed by atoms with E-state index >= 15 is 0 Å². The molecule has 0 aliphatic carbocycles. The molecular formula is C16H24N2O. The summed E-state index contributed by atoms with van der Waals surface area (Å²) in [6, 6.07) is 10.5. The van der Waals surface area contributed by atoms with E-state index < -0.39 is 0 Å². The third-order valence-corrected chi connectivity index (χ3v) is 3.55. The molecule has 1 aromatic carbocycles. The Kier molecular flexibility index (Phi) is 6.08. The summed E-state index contributed by atoms with van der Waals surface area (Å²) in [7, 11) is 1.77. The van der Waals surface area contributed by atoms with Crippen LogP contribution in [0, 0.1) is 0 Å². The van der Waals surface area contributed by atoms with Crippen LogP contribution in [-0.4, -0.2) is 62.8 Å². The first-order valence-corrected chi connectivity index (χ1v) is 7.04. The first-order valence-electron chi connectivity index (χ1n) is 7.04. The highest BCUT2D eigenvalue weighted by molar-refractivity contribution is 5.48. The standard InChI is InChI=1S/C16H24N2O/c1-19-15-14-18-12-10-17(11-13-18)9-5-8-16-6-3-2-4-7-16/h2-8H,9-15H2,1H3/b8-5-. The third-order valence-electron chi connectivity index (χ3n) is 3.55. The summed E-state index contributed by atoms with van der Waals surface area (Å²) < 4.78 is 5.12. The highest BCUT2D eigenvalue weighted by Crippen LogP contribution is 2.04. The molecule has 1 aliphatic heterocycles. The van der Waals surface area contributed by atoms with Gasteiger partial charge in [-0.2, -0.15) is 0 Å². The first kappa shape index (κ1) is 14.3. The number of nitrogens with zero attached hydrogens (tertiary/aromatic N) is 2. The van der Waals surface area contributed by atoms with Crippen molar-refractivity contribution in [3.63, 3.8) is 0 Å². The van der Waals surface area contributed by atoms with Gasteiger partial charge in [0.25, 0.3) is 0 Å². The number of hydrogen-bond donors (Lipinski definition) is 0. The molecule has 0 N–H and O–H groups in total. The summed E-state index contributed by atoms with van der Waals surface area (Å²) in [5.41, 5.74) is 1.28. The lowest BCUT2D eigenvalue weighted by atomic mass is 10.2. The summed E-state index contributed by atoms with van der Waals surface area (Å²) in [6.45, 7) is 7.57. The van der Waals surface area contributed by atoms with Gasteiger partial charge in [0.2, 0.25) is 0 Å². The number of methoxy groups -OCH3 is 1. The van der Waals surface area contributed by atoms with Crippen LogP contribution in [0.2, 0.25) is 0 Å². The van der Waals surface area contributed by atoms with E-state index in [9.17, 15) is 0 Å². The minimum absolute atomic E-state index is 0.841. The van der Waals surface area contributed by atoms with Crippen LogP contribution in [-0.2, 0) is 4.74 Å². The lowest BCUT2D eigenvalue weighted by Gasteiger charge is -2.33. The van der Waals surface area contributed by atoms with E-state index in [4.69, 9.17) is 4.74 Å². The second kappa shape index (κ2) is 8.10. The zero-order valence-corrected chi connectivity index (χ0v) is 11.8. The van der Waals surface area contributed by atoms with Crippen molar-refractivity contribution in [3.8, 4) is 0 Å². The maximum Gasteiger partial charge on any atom is 0.0589 e. The molecule has 0 radical (unpaired) electrons. The van der Waals surface area contributed by atoms with Gasteiger partial charge in [0.15, 0.2) is 0 Å². The highest BCUT2D eigenvalue weighted by Gasteiger charge is 2.14. The molecule has 0 saturated carbocycles. The number of rotatable bonds is 6. The Morgan fingerprint density at radius 3 is 2.42 bits per heavy atom. The molecule has 104 valence electrons. The summed E-state index contributed by atoms with van der Waals surface area (Å²) in [5, 5.41) is 0. The Balaban J connectivity index is 1.67. The molecule has 1 heterocycles. The quantitative estimate of drug-likeness (QED) is 0.777. The number of hydrogen-bond acceptors (Lipinski definition) is 3. The van der Waals surface area contributed by atoms with E-state index in [1.54, 1.807) is 7.11 Å². The monoisotopic (exact) mass is 260 g/mol. The van der Waals surface area contributed by atoms with Crippen molar-refractivity contribution in [1.29, 1.82) is 0 Å². The van der Waals surface area contributed by atoms with Crippen LogP contribution in [0.15, 0.2) is 36.4 Å². The third kappa shape index (κ3) is 5.15. The van der Waals surface area contributed by atoms with E-state index in [-0.39, 0.29) is 0 Å². The summed E-state index contributed by atoms with van der Waals surface area (Å²) in [4.78, 5) is 4.98. The van der Waals surface area contributed by atoms with Gasteiger partial charge in [0, 0.05) is 46.4 Å². The summed E-state index contributed by atoms with van der Waals surface area (Å²) >= 11 is 0. The molecule has 0 aromatic heterocycles. The van der Waals surface area contributed by atoms with Gasteiger partial charge in [0.05, 0.1) is 6.61 Å². The van der Waals surface area contributed by atoms with Crippen molar-refractivity contribution in [3.05, 3.63) is 42.0 Å². The zero-order chi connectivity index (χ0) is 13.3. The average Bonchev–Trinajstić information content (AvgIpc) is 2.47. The van der Waals surface area contributed by atoms with Gasteiger partial charge in [0.1, 0.15) is 0 Å². The number of benzene rings is 1. The molecule has 3 heteroatoms. The maximum absolute atomic E-state index is 5.12. The first-order chi connectivity index (χ1) is 9.38. The van der Waals surface area contributed by atoms with Crippen molar-refractivity contribution >= 4 is 6.08 Å². The smallest absolute Gasteiger partial charge is 0.0589 e. The normalized spacial score (nSPS) is 18.2. The molecule has 1 aromatic rings. The summed E-state index contributed by atoms with van der Waals surface area (Å²) in [6.07, 6.45) is 4.47. The largest absolute Gasteiger partial charge is 0.383 e. The lowest BCUT2D eigenvalue weighted by molar-refractivity contribution is 0.102. The Morgan fingerprint density at radius 2 is 1.74 bits per heavy atom. The highest BCUT2D eigenvalue weighted by atomic mass is 16.5. The van der Waals surface area contributed by atoms with Gasteiger partial charge in [-0.25, -0.2) is 0 Å². The topological polar surface area (TPSA) is 15.7 Å². The predicted octanol–water partition coefficient (Wildman–Crippen LogP) is 1.96. The molecule has 0 unspecified atom stereocenters. The fraction of sp³-hybridized carbons (Fsp3) is 0.500. The van der Waals surface area contributed by atoms with E-state index in [1.807, 2.05) is 0 Å². The van der Waals surface area contributed by atoms with Gasteiger partial charge < -0.3 is 4.74 Å². The van der Waals surface area contributed by atoms with Crippen LogP contribution in [0.5, 0.6) is 0 Å². The van der Waals surface area contributed by atoms with Crippen molar-refractivity contribution in [2.75, 3.05) is 53.0 Å². The minimum atomic E-state index is 0.841. The van der Waals surface area contributed by atoms with E-state index in [2.05, 4.69) is 52.3 Å². The fourth-order valence-electron chi connectivity index (χ4n) is 2.32. The molecule has 1 saturated heterocycles. The van der Waals surface area contributed by atoms with E-state index in [0.29, 0.717) is 0 Å². The van der Waals surface area contributed by atoms with Crippen LogP contribution in [0.4, 0.5) is 0 Å². The fourth-order valence-corrected chi connectivity index (χ4v) is 2.32. The minimum Gasteiger partial charge on any atom is -0.383 e. The van der Waals surface area contributed by atoms with Crippen LogP contribution >= 0.6 is 0 Å². The van der Waals surface area contributed by atoms with Crippen LogP contribution in [0.3, 0.4) is 0 Å². The zero-order valence-electron chi connectivity index (χ0n) is 11.8. The Labute approximate surface area is 116 Å². The average molecular weight is 260 g/mol. The Hall–Kier alpha value is -1.16. The molecule has 0 bridgehead atoms. The molecule has 19 heavy (non-hydrogen) atoms. The van der Waals surface area contributed by atoms with Gasteiger partial charge >= 0.3 is 0 Å². The van der Waals surface area contributed by atoms with Gasteiger partial charge in [-0.3, -0.25) is 9.80 Å². The Morgan fingerprint density at radius 1 is 1.05 bits per heavy atom. The van der Waals surface area contributed by atoms with Crippen LogP contribution in [0.25, 0.3) is 6.08 Å². The van der Waals surface area contributed by atoms with Gasteiger partial charge in [-0.05, 0) is 5.56 Å². The summed E-state index contributed by atoms with van der Waals surface area (Å²) in [5.74, 6) is 0. The predicted molar refractivity (Wildman–Crippen MR) is 80.2 cm³/mol. The lowest BCUT2D eigenvalue weighted by Crippen LogP contribution is -2.47. The van der Waals surface area contributed by atoms with E-state index in [1.165, 1.54) is 5.56 Å². The second-order valence-corrected chi connectivity index (χ2v) is 4.95. The van der Waals surface area contributed by atoms with Crippen molar-refractivity contribution < 1.29 is 4.74 Å². The number of piperazine rings is 1. The molecule has 3 nitrogen and oxygen atoms in total. The Bertz CT molecular complexity index is 370. The molecule has 0 amide bonds. The SMILES string of the molecule is COCCN1CCN(C/C=C\c2ccccc2)CC1. The van der Waals surface area contributed by atoms with E-state index in [0.717, 1.165) is 45.9 Å². The van der Waals surface area contributed by atoms with Crippen molar-refractivity contribution in [1.82, 2.24) is 9.80 Å². The van der Waals surface area contributed by atoms with Crippen LogP contribution in [0.1, 0.15) is 5.56 Å². The molecule has 0 atom stereocenters. The molecule has 0 spiro atoms.